The Labute approximate surface area is 291 Å². The summed E-state index contributed by atoms with van der Waals surface area (Å²) < 4.78 is 15.4. The third-order valence-electron chi connectivity index (χ3n) is 7.42. The molecule has 0 radical (unpaired) electrons. The number of carboxylic acid groups (broad SMARTS) is 4. The maximum Gasteiger partial charge on any atom is 0.524 e. The summed E-state index contributed by atoms with van der Waals surface area (Å²) in [6.07, 6.45) is -3.06. The monoisotopic (exact) mass is 746 g/mol. The molecule has 0 saturated heterocycles. The first-order valence-electron chi connectivity index (χ1n) is 15.6. The second-order valence-corrected chi connectivity index (χ2v) is 12.6. The van der Waals surface area contributed by atoms with Gasteiger partial charge in [0.25, 0.3) is 0 Å². The molecule has 1 aromatic rings. The van der Waals surface area contributed by atoms with Crippen molar-refractivity contribution in [1.29, 1.82) is 0 Å². The largest absolute Gasteiger partial charge is 0.524 e. The fourth-order valence-electron chi connectivity index (χ4n) is 4.47. The fraction of sp³-hybridized carbons (Fsp3) is 0.533. The third kappa shape index (κ3) is 17.9. The average molecular weight is 747 g/mol. The van der Waals surface area contributed by atoms with E-state index in [1.54, 1.807) is 13.8 Å². The number of rotatable bonds is 24. The van der Waals surface area contributed by atoms with E-state index in [-0.39, 0.29) is 25.0 Å². The number of phosphoric ester groups is 1. The highest BCUT2D eigenvalue weighted by molar-refractivity contribution is 7.46. The minimum absolute atomic E-state index is 0.0804. The van der Waals surface area contributed by atoms with Crippen LogP contribution in [0.5, 0.6) is 5.75 Å². The number of aryl methyl sites for hydroxylation is 1. The van der Waals surface area contributed by atoms with Crippen molar-refractivity contribution < 1.29 is 77.7 Å². The Morgan fingerprint density at radius 1 is 0.667 bits per heavy atom. The van der Waals surface area contributed by atoms with Crippen LogP contribution in [0.3, 0.4) is 0 Å². The number of benzene rings is 1. The molecule has 0 unspecified atom stereocenters. The molecule has 284 valence electrons. The van der Waals surface area contributed by atoms with Crippen LogP contribution in [-0.4, -0.2) is 102 Å². The van der Waals surface area contributed by atoms with E-state index in [1.165, 1.54) is 24.3 Å². The fourth-order valence-corrected chi connectivity index (χ4v) is 4.86. The van der Waals surface area contributed by atoms with E-state index in [4.69, 9.17) is 14.9 Å². The van der Waals surface area contributed by atoms with Gasteiger partial charge in [0.1, 0.15) is 29.9 Å². The molecule has 51 heavy (non-hydrogen) atoms. The summed E-state index contributed by atoms with van der Waals surface area (Å²) in [7, 11) is -4.78. The van der Waals surface area contributed by atoms with Crippen LogP contribution in [0.2, 0.25) is 0 Å². The van der Waals surface area contributed by atoms with E-state index in [0.717, 1.165) is 0 Å². The standard InChI is InChI=1S/C30H43N4O16P/c1-3-16(2)26(29(44)33-21(30(45)46)11-15-25(40)41)34-28(43)20(10-14-24(38)39)32-27(42)19(9-13-23(36)37)31-22(35)12-6-17-4-7-18(8-5-17)50-51(47,48)49/h4-5,7-8,16,19-21,26H,3,6,9-15H2,1-2H3,(H,31,35)(H,32,42)(H,33,44)(H,34,43)(H,36,37)(H,38,39)(H,40,41)(H,45,46)(H2,47,48,49)/t16-,19-,20-,21-,26-/m0/s1. The van der Waals surface area contributed by atoms with Gasteiger partial charge in [0, 0.05) is 25.7 Å². The zero-order valence-corrected chi connectivity index (χ0v) is 28.7. The van der Waals surface area contributed by atoms with Crippen LogP contribution in [0.25, 0.3) is 0 Å². The highest BCUT2D eigenvalue weighted by Gasteiger charge is 2.34. The van der Waals surface area contributed by atoms with Crippen LogP contribution in [-0.2, 0) is 49.3 Å². The minimum Gasteiger partial charge on any atom is -0.481 e. The molecule has 1 aromatic carbocycles. The lowest BCUT2D eigenvalue weighted by Crippen LogP contribution is -2.59. The maximum absolute atomic E-state index is 13.4. The Balaban J connectivity index is 3.13. The molecule has 0 saturated carbocycles. The van der Waals surface area contributed by atoms with Crippen molar-refractivity contribution in [1.82, 2.24) is 21.3 Å². The van der Waals surface area contributed by atoms with Crippen LogP contribution < -0.4 is 25.8 Å². The molecule has 0 bridgehead atoms. The van der Waals surface area contributed by atoms with Gasteiger partial charge in [-0.1, -0.05) is 32.4 Å². The van der Waals surface area contributed by atoms with E-state index in [1.807, 2.05) is 0 Å². The molecule has 0 fully saturated rings. The second-order valence-electron chi connectivity index (χ2n) is 11.5. The Morgan fingerprint density at radius 2 is 1.12 bits per heavy atom. The molecule has 1 rings (SSSR count). The van der Waals surface area contributed by atoms with E-state index >= 15 is 0 Å². The summed E-state index contributed by atoms with van der Waals surface area (Å²) in [5.41, 5.74) is 0.539. The number of carboxylic acids is 4. The quantitative estimate of drug-likeness (QED) is 0.0610. The van der Waals surface area contributed by atoms with Crippen molar-refractivity contribution in [2.75, 3.05) is 0 Å². The van der Waals surface area contributed by atoms with Gasteiger partial charge in [-0.25, -0.2) is 9.36 Å². The zero-order valence-electron chi connectivity index (χ0n) is 27.8. The molecule has 5 atom stereocenters. The van der Waals surface area contributed by atoms with Crippen molar-refractivity contribution in [2.24, 2.45) is 5.92 Å². The van der Waals surface area contributed by atoms with Gasteiger partial charge in [0.15, 0.2) is 0 Å². The SMILES string of the molecule is CC[C@H](C)[C@H](NC(=O)[C@H](CCC(=O)O)NC(=O)[C@H](CCC(=O)O)NC(=O)CCc1ccc(OP(=O)(O)O)cc1)C(=O)N[C@@H](CCC(=O)O)C(=O)O. The number of hydrogen-bond acceptors (Lipinski definition) is 10. The molecule has 10 N–H and O–H groups in total. The van der Waals surface area contributed by atoms with Crippen molar-refractivity contribution in [2.45, 2.75) is 95.8 Å². The third-order valence-corrected chi connectivity index (χ3v) is 7.87. The lowest BCUT2D eigenvalue weighted by molar-refractivity contribution is -0.144. The average Bonchev–Trinajstić information content (AvgIpc) is 3.03. The van der Waals surface area contributed by atoms with Crippen molar-refractivity contribution in [3.05, 3.63) is 29.8 Å². The van der Waals surface area contributed by atoms with Crippen LogP contribution in [0.15, 0.2) is 24.3 Å². The Morgan fingerprint density at radius 3 is 1.57 bits per heavy atom. The lowest BCUT2D eigenvalue weighted by Gasteiger charge is -2.28. The van der Waals surface area contributed by atoms with E-state index in [2.05, 4.69) is 25.8 Å². The highest BCUT2D eigenvalue weighted by Crippen LogP contribution is 2.37. The van der Waals surface area contributed by atoms with Crippen LogP contribution in [0.1, 0.15) is 70.8 Å². The van der Waals surface area contributed by atoms with Crippen molar-refractivity contribution >= 4 is 55.3 Å². The van der Waals surface area contributed by atoms with Crippen LogP contribution in [0.4, 0.5) is 0 Å². The van der Waals surface area contributed by atoms with Gasteiger partial charge in [-0.2, -0.15) is 0 Å². The van der Waals surface area contributed by atoms with Gasteiger partial charge in [-0.15, -0.1) is 0 Å². The van der Waals surface area contributed by atoms with Gasteiger partial charge in [-0.3, -0.25) is 43.3 Å². The van der Waals surface area contributed by atoms with Crippen LogP contribution >= 0.6 is 7.82 Å². The molecule has 20 nitrogen and oxygen atoms in total. The highest BCUT2D eigenvalue weighted by atomic mass is 31.2. The molecular formula is C30H43N4O16P. The smallest absolute Gasteiger partial charge is 0.481 e. The number of aliphatic carboxylic acids is 4. The van der Waals surface area contributed by atoms with Gasteiger partial charge in [-0.05, 0) is 49.3 Å². The summed E-state index contributed by atoms with van der Waals surface area (Å²) in [4.78, 5) is 116. The number of phosphoric acid groups is 1. The minimum atomic E-state index is -4.78. The lowest BCUT2D eigenvalue weighted by atomic mass is 9.96. The Hall–Kier alpha value is -5.07. The molecular weight excluding hydrogens is 703 g/mol. The number of carbonyl (C=O) groups is 8. The number of amides is 4. The Kier molecular flexibility index (Phi) is 18.3. The molecule has 4 amide bonds. The summed E-state index contributed by atoms with van der Waals surface area (Å²) in [6, 6.07) is -0.751. The summed E-state index contributed by atoms with van der Waals surface area (Å²) in [5, 5.41) is 46.0. The summed E-state index contributed by atoms with van der Waals surface area (Å²) in [5.74, 6) is -10.0. The van der Waals surface area contributed by atoms with E-state index < -0.39 is 124 Å². The molecule has 0 aromatic heterocycles. The molecule has 21 heteroatoms. The zero-order chi connectivity index (χ0) is 38.9. The van der Waals surface area contributed by atoms with Gasteiger partial charge in [0.05, 0.1) is 0 Å². The summed E-state index contributed by atoms with van der Waals surface area (Å²) >= 11 is 0. The topological polar surface area (TPSA) is 332 Å². The van der Waals surface area contributed by atoms with Crippen molar-refractivity contribution in [3.8, 4) is 5.75 Å². The summed E-state index contributed by atoms with van der Waals surface area (Å²) in [6.45, 7) is 3.20. The predicted molar refractivity (Wildman–Crippen MR) is 173 cm³/mol. The molecule has 0 heterocycles. The predicted octanol–water partition coefficient (Wildman–Crippen LogP) is -0.245. The van der Waals surface area contributed by atoms with Gasteiger partial charge < -0.3 is 46.2 Å². The normalized spacial score (nSPS) is 14.0. The molecule has 0 aliphatic rings. The first-order valence-corrected chi connectivity index (χ1v) is 17.2. The second kappa shape index (κ2) is 21.2. The number of hydrogen-bond donors (Lipinski definition) is 10. The van der Waals surface area contributed by atoms with E-state index in [0.29, 0.717) is 5.56 Å². The first kappa shape index (κ1) is 44.0. The first-order chi connectivity index (χ1) is 23.7. The maximum atomic E-state index is 13.4. The van der Waals surface area contributed by atoms with Gasteiger partial charge in [0.2, 0.25) is 23.6 Å². The molecule has 0 aliphatic heterocycles. The number of carbonyl (C=O) groups excluding carboxylic acids is 4. The van der Waals surface area contributed by atoms with Crippen molar-refractivity contribution in [3.63, 3.8) is 0 Å². The number of nitrogens with one attached hydrogen (secondary N) is 4. The molecule has 0 spiro atoms. The molecule has 0 aliphatic carbocycles. The van der Waals surface area contributed by atoms with Gasteiger partial charge >= 0.3 is 31.7 Å². The van der Waals surface area contributed by atoms with E-state index in [9.17, 15) is 58.2 Å². The Bertz CT molecular complexity index is 1460. The van der Waals surface area contributed by atoms with Crippen LogP contribution in [0, 0.1) is 5.92 Å².